The van der Waals surface area contributed by atoms with E-state index in [0.717, 1.165) is 10.2 Å². The summed E-state index contributed by atoms with van der Waals surface area (Å²) in [4.78, 5) is 11.7. The highest BCUT2D eigenvalue weighted by molar-refractivity contribution is 9.10. The topological polar surface area (TPSA) is 55.1 Å². The van der Waals surface area contributed by atoms with Gasteiger partial charge in [-0.25, -0.2) is 0 Å². The van der Waals surface area contributed by atoms with Crippen LogP contribution in [0.5, 0.6) is 0 Å². The summed E-state index contributed by atoms with van der Waals surface area (Å²) in [7, 11) is 0. The number of benzene rings is 1. The first-order valence-electron chi connectivity index (χ1n) is 5.07. The Hall–Kier alpha value is -1.81. The molecule has 0 fully saturated rings. The van der Waals surface area contributed by atoms with Crippen molar-refractivity contribution in [2.45, 2.75) is 0 Å². The van der Waals surface area contributed by atoms with E-state index in [2.05, 4.69) is 21.2 Å². The monoisotopic (exact) mass is 290 g/mol. The van der Waals surface area contributed by atoms with Crippen molar-refractivity contribution in [3.8, 4) is 0 Å². The minimum Gasteiger partial charge on any atom is -0.399 e. The first-order chi connectivity index (χ1) is 8.15. The molecule has 0 saturated heterocycles. The Morgan fingerprint density at radius 3 is 2.29 bits per heavy atom. The highest BCUT2D eigenvalue weighted by Crippen LogP contribution is 2.15. The molecule has 17 heavy (non-hydrogen) atoms. The van der Waals surface area contributed by atoms with Gasteiger partial charge in [0.2, 0.25) is 5.43 Å². The molecule has 0 aliphatic heterocycles. The van der Waals surface area contributed by atoms with E-state index < -0.39 is 0 Å². The van der Waals surface area contributed by atoms with E-state index in [1.807, 2.05) is 18.2 Å². The van der Waals surface area contributed by atoms with E-state index in [4.69, 9.17) is 5.73 Å². The molecule has 86 valence electrons. The number of halogens is 1. The quantitative estimate of drug-likeness (QED) is 0.836. The van der Waals surface area contributed by atoms with Crippen LogP contribution in [0.15, 0.2) is 57.8 Å². The molecule has 0 unspecified atom stereocenters. The van der Waals surface area contributed by atoms with Gasteiger partial charge < -0.3 is 11.1 Å². The zero-order valence-corrected chi connectivity index (χ0v) is 10.6. The van der Waals surface area contributed by atoms with Crippen LogP contribution in [0.1, 0.15) is 0 Å². The Kier molecular flexibility index (Phi) is 3.44. The second kappa shape index (κ2) is 5.01. The van der Waals surface area contributed by atoms with Crippen LogP contribution >= 0.6 is 15.9 Å². The Labute approximate surface area is 107 Å². The van der Waals surface area contributed by atoms with Crippen LogP contribution in [-0.4, -0.2) is 0 Å². The normalized spacial score (nSPS) is 9.94. The van der Waals surface area contributed by atoms with Gasteiger partial charge in [0.05, 0.1) is 5.69 Å². The molecule has 0 saturated carbocycles. The lowest BCUT2D eigenvalue weighted by atomic mass is 10.3. The molecule has 0 amide bonds. The summed E-state index contributed by atoms with van der Waals surface area (Å²) in [6.45, 7) is 0. The van der Waals surface area contributed by atoms with Crippen molar-refractivity contribution in [2.75, 3.05) is 11.1 Å². The lowest BCUT2D eigenvalue weighted by molar-refractivity contribution is 1.53. The lowest BCUT2D eigenvalue weighted by Gasteiger charge is -2.03. The fraction of sp³-hybridized carbons (Fsp3) is 0. The van der Waals surface area contributed by atoms with Crippen LogP contribution in [-0.2, 0) is 0 Å². The van der Waals surface area contributed by atoms with Crippen molar-refractivity contribution >= 4 is 33.0 Å². The Balaban J connectivity index is 2.34. The van der Waals surface area contributed by atoms with Crippen molar-refractivity contribution < 1.29 is 0 Å². The molecule has 0 radical (unpaired) electrons. The molecule has 4 heteroatoms. The van der Waals surface area contributed by atoms with Gasteiger partial charge in [0.15, 0.2) is 0 Å². The number of hydrogen-bond acceptors (Lipinski definition) is 3. The molecule has 0 atom stereocenters. The molecule has 0 aliphatic rings. The Bertz CT molecular complexity index is 582. The molecule has 3 nitrogen and oxygen atoms in total. The maximum absolute atomic E-state index is 11.7. The standard InChI is InChI=1S/C13H11BrN2O/c14-9-1-7-12(13(17)8-2-9)16-11-5-3-10(15)4-6-11/h1-8H,15H2,(H,16,17). The fourth-order valence-corrected chi connectivity index (χ4v) is 1.64. The van der Waals surface area contributed by atoms with Crippen LogP contribution in [0, 0.1) is 0 Å². The third-order valence-electron chi connectivity index (χ3n) is 2.26. The average molecular weight is 291 g/mol. The van der Waals surface area contributed by atoms with E-state index in [0.29, 0.717) is 11.4 Å². The molecule has 2 rings (SSSR count). The van der Waals surface area contributed by atoms with Gasteiger partial charge in [-0.2, -0.15) is 0 Å². The van der Waals surface area contributed by atoms with Gasteiger partial charge in [0.1, 0.15) is 0 Å². The molecule has 2 aromatic rings. The number of nitrogen functional groups attached to an aromatic ring is 1. The van der Waals surface area contributed by atoms with Gasteiger partial charge in [0.25, 0.3) is 0 Å². The smallest absolute Gasteiger partial charge is 0.202 e. The minimum absolute atomic E-state index is 0.0625. The number of rotatable bonds is 2. The predicted molar refractivity (Wildman–Crippen MR) is 74.5 cm³/mol. The van der Waals surface area contributed by atoms with E-state index in [9.17, 15) is 4.79 Å². The van der Waals surface area contributed by atoms with Gasteiger partial charge in [-0.1, -0.05) is 15.9 Å². The maximum Gasteiger partial charge on any atom is 0.202 e. The second-order valence-electron chi connectivity index (χ2n) is 3.58. The third kappa shape index (κ3) is 3.07. The van der Waals surface area contributed by atoms with Crippen molar-refractivity contribution in [3.63, 3.8) is 0 Å². The van der Waals surface area contributed by atoms with Gasteiger partial charge in [0, 0.05) is 15.8 Å². The van der Waals surface area contributed by atoms with Crippen LogP contribution in [0.25, 0.3) is 0 Å². The zero-order valence-electron chi connectivity index (χ0n) is 8.98. The molecule has 0 bridgehead atoms. The van der Waals surface area contributed by atoms with Gasteiger partial charge >= 0.3 is 0 Å². The molecule has 0 spiro atoms. The summed E-state index contributed by atoms with van der Waals surface area (Å²) in [6, 6.07) is 14.0. The SMILES string of the molecule is Nc1ccc(Nc2ccc(Br)ccc2=O)cc1. The Morgan fingerprint density at radius 2 is 1.59 bits per heavy atom. The highest BCUT2D eigenvalue weighted by atomic mass is 79.9. The molecule has 0 aliphatic carbocycles. The molecule has 2 aromatic carbocycles. The largest absolute Gasteiger partial charge is 0.399 e. The highest BCUT2D eigenvalue weighted by Gasteiger charge is 1.98. The number of anilines is 3. The van der Waals surface area contributed by atoms with Crippen molar-refractivity contribution in [2.24, 2.45) is 0 Å². The third-order valence-corrected chi connectivity index (χ3v) is 2.79. The van der Waals surface area contributed by atoms with Crippen LogP contribution in [0.2, 0.25) is 0 Å². The van der Waals surface area contributed by atoms with E-state index in [1.54, 1.807) is 24.3 Å². The number of nitrogens with two attached hydrogens (primary N) is 1. The average Bonchev–Trinajstić information content (AvgIpc) is 2.47. The number of nitrogens with one attached hydrogen (secondary N) is 1. The van der Waals surface area contributed by atoms with Gasteiger partial charge in [-0.15, -0.1) is 0 Å². The van der Waals surface area contributed by atoms with Gasteiger partial charge in [-0.05, 0) is 48.5 Å². The van der Waals surface area contributed by atoms with E-state index in [-0.39, 0.29) is 5.43 Å². The second-order valence-corrected chi connectivity index (χ2v) is 4.49. The van der Waals surface area contributed by atoms with Crippen molar-refractivity contribution in [1.82, 2.24) is 0 Å². The molecular formula is C13H11BrN2O. The molecular weight excluding hydrogens is 280 g/mol. The van der Waals surface area contributed by atoms with Crippen LogP contribution in [0.4, 0.5) is 17.1 Å². The molecule has 3 N–H and O–H groups in total. The van der Waals surface area contributed by atoms with Crippen molar-refractivity contribution in [3.05, 3.63) is 63.2 Å². The summed E-state index contributed by atoms with van der Waals surface area (Å²) in [5.74, 6) is 0. The fourth-order valence-electron chi connectivity index (χ4n) is 1.37. The van der Waals surface area contributed by atoms with Gasteiger partial charge in [-0.3, -0.25) is 4.79 Å². The Morgan fingerprint density at radius 1 is 0.941 bits per heavy atom. The van der Waals surface area contributed by atoms with Crippen molar-refractivity contribution in [1.29, 1.82) is 0 Å². The predicted octanol–water partition coefficient (Wildman–Crippen LogP) is 3.14. The summed E-state index contributed by atoms with van der Waals surface area (Å²) < 4.78 is 0.861. The summed E-state index contributed by atoms with van der Waals surface area (Å²) in [6.07, 6.45) is 0. The molecule has 0 heterocycles. The summed E-state index contributed by atoms with van der Waals surface area (Å²) >= 11 is 3.32. The lowest BCUT2D eigenvalue weighted by Crippen LogP contribution is -2.03. The van der Waals surface area contributed by atoms with Crippen LogP contribution in [0.3, 0.4) is 0 Å². The maximum atomic E-state index is 11.7. The summed E-state index contributed by atoms with van der Waals surface area (Å²) in [5.41, 5.74) is 7.59. The zero-order chi connectivity index (χ0) is 12.3. The minimum atomic E-state index is -0.0625. The first kappa shape index (κ1) is 11.7. The number of hydrogen-bond donors (Lipinski definition) is 2. The van der Waals surface area contributed by atoms with E-state index >= 15 is 0 Å². The first-order valence-corrected chi connectivity index (χ1v) is 5.87. The van der Waals surface area contributed by atoms with E-state index in [1.165, 1.54) is 6.07 Å². The summed E-state index contributed by atoms with van der Waals surface area (Å²) in [5, 5.41) is 3.06. The van der Waals surface area contributed by atoms with Crippen LogP contribution < -0.4 is 16.5 Å². The molecule has 0 aromatic heterocycles.